The molecule has 0 amide bonds. The van der Waals surface area contributed by atoms with Crippen LogP contribution in [0.25, 0.3) is 0 Å². The summed E-state index contributed by atoms with van der Waals surface area (Å²) in [5.74, 6) is -0.152. The number of aromatic nitrogens is 1. The first-order valence-electron chi connectivity index (χ1n) is 5.11. The Bertz CT molecular complexity index is 367. The van der Waals surface area contributed by atoms with Crippen LogP contribution >= 0.6 is 0 Å². The molecule has 4 nitrogen and oxygen atoms in total. The van der Waals surface area contributed by atoms with Crippen molar-refractivity contribution in [1.82, 2.24) is 9.88 Å². The molecule has 5 heteroatoms. The van der Waals surface area contributed by atoms with Crippen molar-refractivity contribution in [3.05, 3.63) is 29.8 Å². The lowest BCUT2D eigenvalue weighted by molar-refractivity contribution is 0.305. The van der Waals surface area contributed by atoms with Gasteiger partial charge in [-0.25, -0.2) is 4.39 Å². The van der Waals surface area contributed by atoms with Crippen molar-refractivity contribution in [2.24, 2.45) is 11.7 Å². The van der Waals surface area contributed by atoms with Gasteiger partial charge in [0, 0.05) is 25.2 Å². The zero-order chi connectivity index (χ0) is 12.1. The highest BCUT2D eigenvalue weighted by Crippen LogP contribution is 2.06. The Balaban J connectivity index is 2.51. The first kappa shape index (κ1) is 12.6. The number of pyridine rings is 1. The molecule has 0 aromatic carbocycles. The summed E-state index contributed by atoms with van der Waals surface area (Å²) in [6.45, 7) is 3.16. The molecule has 0 spiro atoms. The van der Waals surface area contributed by atoms with Gasteiger partial charge in [0.1, 0.15) is 5.82 Å². The Morgan fingerprint density at radius 1 is 1.62 bits per heavy atom. The third kappa shape index (κ3) is 3.94. The van der Waals surface area contributed by atoms with Crippen molar-refractivity contribution in [2.75, 3.05) is 13.6 Å². The van der Waals surface area contributed by atoms with Gasteiger partial charge >= 0.3 is 0 Å². The lowest BCUT2D eigenvalue weighted by Gasteiger charge is -2.20. The molecule has 0 radical (unpaired) electrons. The fourth-order valence-corrected chi connectivity index (χ4v) is 1.48. The Kier molecular flexibility index (Phi) is 4.37. The summed E-state index contributed by atoms with van der Waals surface area (Å²) < 4.78 is 12.9. The van der Waals surface area contributed by atoms with Crippen molar-refractivity contribution in [3.8, 4) is 0 Å². The number of hydrogen-bond donors (Lipinski definition) is 2. The van der Waals surface area contributed by atoms with E-state index in [1.807, 2.05) is 18.9 Å². The summed E-state index contributed by atoms with van der Waals surface area (Å²) in [5.41, 5.74) is 6.20. The number of amidine groups is 1. The number of rotatable bonds is 5. The quantitative estimate of drug-likeness (QED) is 0.584. The molecular formula is C11H17FN4. The summed E-state index contributed by atoms with van der Waals surface area (Å²) in [4.78, 5) is 5.77. The summed E-state index contributed by atoms with van der Waals surface area (Å²) in [7, 11) is 1.91. The highest BCUT2D eigenvalue weighted by molar-refractivity contribution is 5.79. The third-order valence-electron chi connectivity index (χ3n) is 2.33. The monoisotopic (exact) mass is 224 g/mol. The van der Waals surface area contributed by atoms with Crippen LogP contribution in [0.15, 0.2) is 18.5 Å². The van der Waals surface area contributed by atoms with E-state index in [1.165, 1.54) is 12.3 Å². The molecular weight excluding hydrogens is 207 g/mol. The summed E-state index contributed by atoms with van der Waals surface area (Å²) in [6.07, 6.45) is 2.82. The minimum atomic E-state index is -0.328. The van der Waals surface area contributed by atoms with Gasteiger partial charge < -0.3 is 10.6 Å². The van der Waals surface area contributed by atoms with Gasteiger partial charge in [-0.15, -0.1) is 0 Å². The molecule has 0 saturated heterocycles. The molecule has 0 aliphatic carbocycles. The van der Waals surface area contributed by atoms with Crippen molar-refractivity contribution >= 4 is 5.84 Å². The number of nitrogens with zero attached hydrogens (tertiary/aromatic N) is 2. The topological polar surface area (TPSA) is 66.0 Å². The molecule has 0 aliphatic rings. The molecule has 1 rings (SSSR count). The number of hydrogen-bond acceptors (Lipinski definition) is 3. The van der Waals surface area contributed by atoms with Gasteiger partial charge in [-0.05, 0) is 18.7 Å². The van der Waals surface area contributed by atoms with Crippen LogP contribution in [0.2, 0.25) is 0 Å². The van der Waals surface area contributed by atoms with E-state index in [9.17, 15) is 4.39 Å². The zero-order valence-electron chi connectivity index (χ0n) is 9.57. The summed E-state index contributed by atoms with van der Waals surface area (Å²) in [5, 5.41) is 7.29. The van der Waals surface area contributed by atoms with Crippen molar-refractivity contribution in [1.29, 1.82) is 5.41 Å². The molecule has 88 valence electrons. The predicted octanol–water partition coefficient (Wildman–Crippen LogP) is 1.22. The maximum atomic E-state index is 12.9. The van der Waals surface area contributed by atoms with Gasteiger partial charge in [-0.1, -0.05) is 6.92 Å². The number of halogens is 1. The molecule has 1 unspecified atom stereocenters. The fourth-order valence-electron chi connectivity index (χ4n) is 1.48. The summed E-state index contributed by atoms with van der Waals surface area (Å²) >= 11 is 0. The Morgan fingerprint density at radius 3 is 2.88 bits per heavy atom. The molecule has 16 heavy (non-hydrogen) atoms. The van der Waals surface area contributed by atoms with Crippen LogP contribution in [0.5, 0.6) is 0 Å². The molecule has 3 N–H and O–H groups in total. The van der Waals surface area contributed by atoms with E-state index in [0.717, 1.165) is 5.56 Å². The average Bonchev–Trinajstić information content (AvgIpc) is 2.16. The Morgan fingerprint density at radius 2 is 2.31 bits per heavy atom. The second-order valence-electron chi connectivity index (χ2n) is 4.06. The smallest absolute Gasteiger partial charge is 0.141 e. The summed E-state index contributed by atoms with van der Waals surface area (Å²) in [6, 6.07) is 1.46. The normalized spacial score (nSPS) is 12.8. The van der Waals surface area contributed by atoms with Gasteiger partial charge in [-0.3, -0.25) is 10.4 Å². The first-order valence-corrected chi connectivity index (χ1v) is 5.11. The van der Waals surface area contributed by atoms with E-state index >= 15 is 0 Å². The van der Waals surface area contributed by atoms with Crippen LogP contribution in [0.3, 0.4) is 0 Å². The molecule has 0 saturated carbocycles. The predicted molar refractivity (Wildman–Crippen MR) is 61.6 cm³/mol. The Labute approximate surface area is 94.8 Å². The molecule has 1 heterocycles. The highest BCUT2D eigenvalue weighted by atomic mass is 19.1. The van der Waals surface area contributed by atoms with Gasteiger partial charge in [0.15, 0.2) is 0 Å². The van der Waals surface area contributed by atoms with Crippen LogP contribution in [0.4, 0.5) is 4.39 Å². The van der Waals surface area contributed by atoms with Crippen LogP contribution in [-0.2, 0) is 6.54 Å². The minimum absolute atomic E-state index is 0.00604. The van der Waals surface area contributed by atoms with Crippen LogP contribution in [0, 0.1) is 17.1 Å². The van der Waals surface area contributed by atoms with Gasteiger partial charge in [0.05, 0.1) is 12.0 Å². The molecule has 0 bridgehead atoms. The maximum absolute atomic E-state index is 12.9. The van der Waals surface area contributed by atoms with E-state index in [2.05, 4.69) is 4.98 Å². The third-order valence-corrected chi connectivity index (χ3v) is 2.33. The largest absolute Gasteiger partial charge is 0.387 e. The van der Waals surface area contributed by atoms with E-state index in [4.69, 9.17) is 11.1 Å². The van der Waals surface area contributed by atoms with Crippen LogP contribution in [0.1, 0.15) is 12.5 Å². The standard InChI is InChI=1S/C11H17FN4/c1-8(11(13)14)6-16(2)7-9-3-10(12)5-15-4-9/h3-5,8H,6-7H2,1-2H3,(H3,13,14). The van der Waals surface area contributed by atoms with Gasteiger partial charge in [-0.2, -0.15) is 0 Å². The lowest BCUT2D eigenvalue weighted by Crippen LogP contribution is -2.31. The van der Waals surface area contributed by atoms with E-state index in [-0.39, 0.29) is 17.6 Å². The molecule has 0 fully saturated rings. The molecule has 1 aromatic rings. The zero-order valence-corrected chi connectivity index (χ0v) is 9.57. The lowest BCUT2D eigenvalue weighted by atomic mass is 10.1. The van der Waals surface area contributed by atoms with Gasteiger partial charge in [0.2, 0.25) is 0 Å². The van der Waals surface area contributed by atoms with E-state index in [1.54, 1.807) is 6.20 Å². The first-order chi connectivity index (χ1) is 7.49. The van der Waals surface area contributed by atoms with Crippen LogP contribution in [-0.4, -0.2) is 29.3 Å². The van der Waals surface area contributed by atoms with Crippen molar-refractivity contribution in [3.63, 3.8) is 0 Å². The molecule has 1 atom stereocenters. The Hall–Kier alpha value is -1.49. The second-order valence-corrected chi connectivity index (χ2v) is 4.06. The van der Waals surface area contributed by atoms with E-state index in [0.29, 0.717) is 13.1 Å². The average molecular weight is 224 g/mol. The van der Waals surface area contributed by atoms with Crippen molar-refractivity contribution < 1.29 is 4.39 Å². The van der Waals surface area contributed by atoms with E-state index < -0.39 is 0 Å². The number of nitrogens with one attached hydrogen (secondary N) is 1. The fraction of sp³-hybridized carbons (Fsp3) is 0.455. The SMILES string of the molecule is CC(CN(C)Cc1cncc(F)c1)C(=N)N. The molecule has 1 aromatic heterocycles. The molecule has 0 aliphatic heterocycles. The van der Waals surface area contributed by atoms with Crippen LogP contribution < -0.4 is 5.73 Å². The second kappa shape index (κ2) is 5.55. The number of nitrogens with two attached hydrogens (primary N) is 1. The minimum Gasteiger partial charge on any atom is -0.387 e. The maximum Gasteiger partial charge on any atom is 0.141 e. The highest BCUT2D eigenvalue weighted by Gasteiger charge is 2.09. The van der Waals surface area contributed by atoms with Crippen molar-refractivity contribution in [2.45, 2.75) is 13.5 Å². The van der Waals surface area contributed by atoms with Gasteiger partial charge in [0.25, 0.3) is 0 Å².